The van der Waals surface area contributed by atoms with Crippen molar-refractivity contribution >= 4 is 27.8 Å². The first-order valence-electron chi connectivity index (χ1n) is 14.7. The number of ether oxygens (including phenoxy) is 1. The number of methoxy groups -OCH3 is 1. The Labute approximate surface area is 238 Å². The molecule has 1 saturated heterocycles. The van der Waals surface area contributed by atoms with Crippen LogP contribution in [0, 0.1) is 18.8 Å². The number of amides is 1. The number of benzene rings is 2. The number of aromatic nitrogens is 2. The number of hydrogen-bond acceptors (Lipinski definition) is 5. The molecule has 2 unspecified atom stereocenters. The number of nitrogens with two attached hydrogens (primary N) is 1. The van der Waals surface area contributed by atoms with E-state index in [4.69, 9.17) is 14.9 Å². The van der Waals surface area contributed by atoms with Gasteiger partial charge in [-0.05, 0) is 85.9 Å². The van der Waals surface area contributed by atoms with Gasteiger partial charge in [0.05, 0.1) is 12.8 Å². The first-order chi connectivity index (χ1) is 20.0. The van der Waals surface area contributed by atoms with Crippen molar-refractivity contribution in [1.29, 1.82) is 0 Å². The van der Waals surface area contributed by atoms with Crippen molar-refractivity contribution in [3.8, 4) is 28.5 Å². The molecule has 5 aromatic rings. The second-order valence-electron chi connectivity index (χ2n) is 12.2. The second kappa shape index (κ2) is 9.21. The highest BCUT2D eigenvalue weighted by Gasteiger charge is 2.46. The van der Waals surface area contributed by atoms with E-state index in [0.29, 0.717) is 23.3 Å². The van der Waals surface area contributed by atoms with Crippen LogP contribution >= 0.6 is 0 Å². The Bertz CT molecular complexity index is 1830. The number of pyridine rings is 1. The Morgan fingerprint density at radius 3 is 2.66 bits per heavy atom. The number of carbonyl (C=O) groups excluding carboxylic acids is 1. The predicted molar refractivity (Wildman–Crippen MR) is 160 cm³/mol. The summed E-state index contributed by atoms with van der Waals surface area (Å²) in [5.74, 6) is 2.65. The average molecular weight is 547 g/mol. The fourth-order valence-electron chi connectivity index (χ4n) is 7.13. The summed E-state index contributed by atoms with van der Waals surface area (Å²) in [7, 11) is 1.64. The van der Waals surface area contributed by atoms with Gasteiger partial charge in [-0.2, -0.15) is 0 Å². The van der Waals surface area contributed by atoms with Crippen molar-refractivity contribution in [2.45, 2.75) is 51.2 Å². The molecule has 7 nitrogen and oxygen atoms in total. The summed E-state index contributed by atoms with van der Waals surface area (Å²) >= 11 is 0. The molecule has 208 valence electrons. The molecule has 2 aromatic carbocycles. The zero-order valence-electron chi connectivity index (χ0n) is 23.5. The Kier molecular flexibility index (Phi) is 5.54. The van der Waals surface area contributed by atoms with Crippen LogP contribution in [0.5, 0.6) is 5.88 Å². The van der Waals surface area contributed by atoms with Crippen molar-refractivity contribution in [1.82, 2.24) is 14.5 Å². The van der Waals surface area contributed by atoms with E-state index in [1.165, 1.54) is 23.7 Å². The maximum atomic E-state index is 13.5. The molecular weight excluding hydrogens is 512 g/mol. The molecule has 4 heterocycles. The maximum Gasteiger partial charge on any atom is 0.254 e. The van der Waals surface area contributed by atoms with Gasteiger partial charge in [0.15, 0.2) is 5.76 Å². The number of nitrogens with zero attached hydrogens (tertiary/aromatic N) is 3. The van der Waals surface area contributed by atoms with Gasteiger partial charge in [-0.1, -0.05) is 18.2 Å². The van der Waals surface area contributed by atoms with Crippen LogP contribution in [0.3, 0.4) is 0 Å². The summed E-state index contributed by atoms with van der Waals surface area (Å²) in [6.07, 6.45) is 6.43. The highest BCUT2D eigenvalue weighted by Crippen LogP contribution is 2.41. The first kappa shape index (κ1) is 24.7. The third-order valence-electron chi connectivity index (χ3n) is 9.65. The monoisotopic (exact) mass is 546 g/mol. The lowest BCUT2D eigenvalue weighted by atomic mass is 10.1. The van der Waals surface area contributed by atoms with Crippen LogP contribution < -0.4 is 10.5 Å². The molecule has 2 saturated carbocycles. The van der Waals surface area contributed by atoms with E-state index in [9.17, 15) is 4.79 Å². The molecule has 3 fully saturated rings. The van der Waals surface area contributed by atoms with Gasteiger partial charge in [0, 0.05) is 64.9 Å². The fourth-order valence-corrected chi connectivity index (χ4v) is 7.13. The standard InChI is InChI=1S/C34H34N4O3/c1-19-26-9-7-24(34(39)38-18-25-8-10-27(38)32(25)35)15-30(26)41-33(19)29-14-23-6-5-21(22-11-12-36-31(16-22)40-2)13-28(23)37(29)17-20-3-4-20/h5-7,9,11-16,20,25,27,32H,3-4,8,10,17-18,35H2,1-2H3/t25?,27?,32-/m1/s1. The molecule has 3 aliphatic rings. The molecule has 2 aliphatic carbocycles. The number of carbonyl (C=O) groups is 1. The normalized spacial score (nSPS) is 21.8. The smallest absolute Gasteiger partial charge is 0.254 e. The van der Waals surface area contributed by atoms with E-state index >= 15 is 0 Å². The molecule has 1 amide bonds. The van der Waals surface area contributed by atoms with Crippen molar-refractivity contribution in [2.75, 3.05) is 13.7 Å². The van der Waals surface area contributed by atoms with Crippen LogP contribution in [0.2, 0.25) is 0 Å². The lowest BCUT2D eigenvalue weighted by Crippen LogP contribution is -2.41. The predicted octanol–water partition coefficient (Wildman–Crippen LogP) is 6.41. The maximum absolute atomic E-state index is 13.5. The number of likely N-dealkylation sites (tertiary alicyclic amines) is 1. The molecule has 3 atom stereocenters. The molecule has 41 heavy (non-hydrogen) atoms. The number of hydrogen-bond donors (Lipinski definition) is 1. The van der Waals surface area contributed by atoms with Crippen molar-refractivity contribution < 1.29 is 13.9 Å². The van der Waals surface area contributed by atoms with Gasteiger partial charge in [-0.15, -0.1) is 0 Å². The second-order valence-corrected chi connectivity index (χ2v) is 12.2. The molecule has 0 spiro atoms. The number of aryl methyl sites for hydroxylation is 1. The van der Waals surface area contributed by atoms with Gasteiger partial charge in [0.2, 0.25) is 5.88 Å². The quantitative estimate of drug-likeness (QED) is 0.266. The van der Waals surface area contributed by atoms with Gasteiger partial charge in [0.25, 0.3) is 5.91 Å². The lowest BCUT2D eigenvalue weighted by molar-refractivity contribution is 0.0700. The third kappa shape index (κ3) is 3.97. The number of furan rings is 1. The van der Waals surface area contributed by atoms with E-state index in [-0.39, 0.29) is 18.0 Å². The minimum absolute atomic E-state index is 0.0632. The summed E-state index contributed by atoms with van der Waals surface area (Å²) < 4.78 is 14.4. The lowest BCUT2D eigenvalue weighted by Gasteiger charge is -2.27. The Morgan fingerprint density at radius 2 is 1.90 bits per heavy atom. The number of fused-ring (bicyclic) bond motifs is 4. The van der Waals surface area contributed by atoms with E-state index < -0.39 is 0 Å². The summed E-state index contributed by atoms with van der Waals surface area (Å²) in [6, 6.07) is 19.0. The van der Waals surface area contributed by atoms with Gasteiger partial charge in [-0.3, -0.25) is 4.79 Å². The number of rotatable bonds is 6. The number of piperidine rings is 1. The molecule has 2 bridgehead atoms. The van der Waals surface area contributed by atoms with Crippen molar-refractivity contribution in [3.05, 3.63) is 71.9 Å². The fraction of sp³-hybridized carbons (Fsp3) is 0.353. The van der Waals surface area contributed by atoms with Gasteiger partial charge in [0.1, 0.15) is 5.58 Å². The molecule has 7 heteroatoms. The van der Waals surface area contributed by atoms with Crippen LogP contribution in [-0.4, -0.2) is 46.1 Å². The SMILES string of the molecule is COc1cc(-c2ccc3cc(-c4oc5cc(C(=O)N6CC7CCC6[C@@H]7N)ccc5c4C)n(CC4CC4)c3c2)ccn1. The minimum atomic E-state index is 0.0632. The van der Waals surface area contributed by atoms with Crippen LogP contribution in [0.4, 0.5) is 0 Å². The van der Waals surface area contributed by atoms with Crippen LogP contribution in [0.1, 0.15) is 41.6 Å². The van der Waals surface area contributed by atoms with E-state index in [1.54, 1.807) is 13.3 Å². The highest BCUT2D eigenvalue weighted by atomic mass is 16.5. The van der Waals surface area contributed by atoms with Crippen LogP contribution in [0.15, 0.2) is 65.2 Å². The average Bonchev–Trinajstić information content (AvgIpc) is 3.41. The minimum Gasteiger partial charge on any atom is -0.481 e. The van der Waals surface area contributed by atoms with Crippen LogP contribution in [0.25, 0.3) is 44.5 Å². The van der Waals surface area contributed by atoms with E-state index in [1.807, 2.05) is 35.2 Å². The third-order valence-corrected chi connectivity index (χ3v) is 9.65. The van der Waals surface area contributed by atoms with Gasteiger partial charge >= 0.3 is 0 Å². The largest absolute Gasteiger partial charge is 0.481 e. The topological polar surface area (TPSA) is 86.5 Å². The van der Waals surface area contributed by atoms with Gasteiger partial charge in [-0.25, -0.2) is 4.98 Å². The highest BCUT2D eigenvalue weighted by molar-refractivity contribution is 6.00. The summed E-state index contributed by atoms with van der Waals surface area (Å²) in [6.45, 7) is 3.84. The molecular formula is C34H34N4O3. The zero-order valence-corrected chi connectivity index (χ0v) is 23.5. The molecule has 3 aromatic heterocycles. The summed E-state index contributed by atoms with van der Waals surface area (Å²) in [5.41, 5.74) is 13.4. The Hall–Kier alpha value is -4.10. The van der Waals surface area contributed by atoms with Gasteiger partial charge < -0.3 is 24.4 Å². The van der Waals surface area contributed by atoms with Crippen molar-refractivity contribution in [2.24, 2.45) is 17.6 Å². The Balaban J connectivity index is 1.20. The van der Waals surface area contributed by atoms with E-state index in [2.05, 4.69) is 40.7 Å². The molecule has 8 rings (SSSR count). The molecule has 1 aliphatic heterocycles. The van der Waals surface area contributed by atoms with E-state index in [0.717, 1.165) is 65.0 Å². The first-order valence-corrected chi connectivity index (χ1v) is 14.7. The molecule has 0 radical (unpaired) electrons. The summed E-state index contributed by atoms with van der Waals surface area (Å²) in [5, 5.41) is 2.23. The molecule has 2 N–H and O–H groups in total. The zero-order chi connectivity index (χ0) is 27.8. The summed E-state index contributed by atoms with van der Waals surface area (Å²) in [4.78, 5) is 19.7. The van der Waals surface area contributed by atoms with Crippen LogP contribution in [-0.2, 0) is 6.54 Å². The van der Waals surface area contributed by atoms with Crippen molar-refractivity contribution in [3.63, 3.8) is 0 Å². The Morgan fingerprint density at radius 1 is 1.05 bits per heavy atom.